The fourth-order valence-electron chi connectivity index (χ4n) is 0.813. The average Bonchev–Trinajstić information content (AvgIpc) is 2.27. The van der Waals surface area contributed by atoms with Crippen LogP contribution in [0.3, 0.4) is 0 Å². The van der Waals surface area contributed by atoms with Gasteiger partial charge in [-0.1, -0.05) is 11.6 Å². The quantitative estimate of drug-likeness (QED) is 0.413. The van der Waals surface area contributed by atoms with Gasteiger partial charge in [-0.3, -0.25) is 10.2 Å². The van der Waals surface area contributed by atoms with E-state index in [0.29, 0.717) is 10.8 Å². The predicted molar refractivity (Wildman–Crippen MR) is 57.4 cm³/mol. The Morgan fingerprint density at radius 3 is 3.00 bits per heavy atom. The van der Waals surface area contributed by atoms with Gasteiger partial charge in [0.15, 0.2) is 5.82 Å². The Bertz CT molecular complexity index is 357. The lowest BCUT2D eigenvalue weighted by molar-refractivity contribution is -0.118. The monoisotopic (exact) mass is 230 g/mol. The van der Waals surface area contributed by atoms with Crippen LogP contribution in [0.5, 0.6) is 0 Å². The average molecular weight is 231 g/mol. The van der Waals surface area contributed by atoms with E-state index in [-0.39, 0.29) is 18.4 Å². The highest BCUT2D eigenvalue weighted by atomic mass is 35.5. The summed E-state index contributed by atoms with van der Waals surface area (Å²) in [5, 5.41) is 5.52. The normalized spacial score (nSPS) is 9.53. The Morgan fingerprint density at radius 1 is 1.67 bits per heavy atom. The minimum absolute atomic E-state index is 0.0806. The molecule has 0 aliphatic heterocycles. The first kappa shape index (κ1) is 11.5. The molecule has 0 aliphatic carbocycles. The van der Waals surface area contributed by atoms with E-state index in [4.69, 9.17) is 17.4 Å². The summed E-state index contributed by atoms with van der Waals surface area (Å²) in [6.07, 6.45) is 1.38. The fraction of sp³-hybridized carbons (Fsp3) is 0.286. The van der Waals surface area contributed by atoms with Gasteiger partial charge in [0.05, 0.1) is 12.7 Å². The molecule has 7 nitrogen and oxygen atoms in total. The van der Waals surface area contributed by atoms with Crippen molar-refractivity contribution < 1.29 is 4.79 Å². The molecule has 1 aromatic heterocycles. The van der Waals surface area contributed by atoms with Crippen molar-refractivity contribution in [3.63, 3.8) is 0 Å². The number of anilines is 2. The molecule has 0 spiro atoms. The van der Waals surface area contributed by atoms with Crippen molar-refractivity contribution in [2.24, 2.45) is 5.84 Å². The lowest BCUT2D eigenvalue weighted by Gasteiger charge is -2.07. The topological polar surface area (TPSA) is 105 Å². The number of likely N-dealkylation sites (N-methyl/N-ethyl adjacent to an activating group) is 1. The van der Waals surface area contributed by atoms with Crippen molar-refractivity contribution in [1.29, 1.82) is 0 Å². The van der Waals surface area contributed by atoms with Crippen molar-refractivity contribution in [1.82, 2.24) is 15.3 Å². The van der Waals surface area contributed by atoms with E-state index in [0.717, 1.165) is 0 Å². The number of hydrogen-bond donors (Lipinski definition) is 4. The number of rotatable bonds is 4. The molecule has 1 aromatic rings. The van der Waals surface area contributed by atoms with E-state index in [9.17, 15) is 4.79 Å². The molecule has 0 bridgehead atoms. The molecule has 1 rings (SSSR count). The third kappa shape index (κ3) is 3.22. The second kappa shape index (κ2) is 5.32. The number of amides is 1. The van der Waals surface area contributed by atoms with Gasteiger partial charge in [0, 0.05) is 7.05 Å². The number of hydrogen-bond acceptors (Lipinski definition) is 6. The van der Waals surface area contributed by atoms with Crippen LogP contribution in [0.1, 0.15) is 0 Å². The summed E-state index contributed by atoms with van der Waals surface area (Å²) in [5.74, 6) is 5.52. The molecule has 0 unspecified atom stereocenters. The maximum atomic E-state index is 11.0. The summed E-state index contributed by atoms with van der Waals surface area (Å²) < 4.78 is 0. The first-order valence-corrected chi connectivity index (χ1v) is 4.48. The fourth-order valence-corrected chi connectivity index (χ4v) is 0.971. The van der Waals surface area contributed by atoms with Gasteiger partial charge >= 0.3 is 0 Å². The number of hydrazine groups is 1. The molecule has 0 saturated carbocycles. The highest BCUT2D eigenvalue weighted by molar-refractivity contribution is 6.32. The molecule has 0 atom stereocenters. The lowest BCUT2D eigenvalue weighted by Crippen LogP contribution is -2.26. The number of nitrogen functional groups attached to an aromatic ring is 1. The number of nitrogens with two attached hydrogens (primary N) is 1. The molecule has 1 amide bonds. The van der Waals surface area contributed by atoms with Gasteiger partial charge in [0.25, 0.3) is 0 Å². The first-order chi connectivity index (χ1) is 7.17. The maximum Gasteiger partial charge on any atom is 0.239 e. The minimum atomic E-state index is -0.174. The van der Waals surface area contributed by atoms with Crippen LogP contribution in [0.15, 0.2) is 6.20 Å². The Kier molecular flexibility index (Phi) is 4.07. The molecule has 15 heavy (non-hydrogen) atoms. The smallest absolute Gasteiger partial charge is 0.239 e. The van der Waals surface area contributed by atoms with Gasteiger partial charge in [-0.15, -0.1) is 0 Å². The molecule has 1 heterocycles. The van der Waals surface area contributed by atoms with Crippen molar-refractivity contribution in [2.75, 3.05) is 24.3 Å². The first-order valence-electron chi connectivity index (χ1n) is 4.11. The van der Waals surface area contributed by atoms with Crippen LogP contribution >= 0.6 is 11.6 Å². The third-order valence-electron chi connectivity index (χ3n) is 1.57. The number of halogens is 1. The highest BCUT2D eigenvalue weighted by Crippen LogP contribution is 2.18. The Balaban J connectivity index is 2.70. The van der Waals surface area contributed by atoms with Gasteiger partial charge in [0.1, 0.15) is 5.02 Å². The molecule has 0 radical (unpaired) electrons. The third-order valence-corrected chi connectivity index (χ3v) is 1.85. The zero-order valence-electron chi connectivity index (χ0n) is 8.04. The van der Waals surface area contributed by atoms with Gasteiger partial charge in [0.2, 0.25) is 11.9 Å². The molecule has 0 aromatic carbocycles. The van der Waals surface area contributed by atoms with Gasteiger partial charge in [-0.05, 0) is 0 Å². The maximum absolute atomic E-state index is 11.0. The van der Waals surface area contributed by atoms with Crippen LogP contribution in [0, 0.1) is 0 Å². The van der Waals surface area contributed by atoms with Crippen molar-refractivity contribution in [2.45, 2.75) is 0 Å². The second-order valence-corrected chi connectivity index (χ2v) is 2.97. The largest absolute Gasteiger partial charge is 0.360 e. The number of nitrogens with zero attached hydrogens (tertiary/aromatic N) is 2. The number of nitrogens with one attached hydrogen (secondary N) is 3. The van der Waals surface area contributed by atoms with Crippen LogP contribution in [-0.2, 0) is 4.79 Å². The van der Waals surface area contributed by atoms with Crippen LogP contribution in [0.4, 0.5) is 11.8 Å². The summed E-state index contributed by atoms with van der Waals surface area (Å²) in [5.41, 5.74) is 2.27. The van der Waals surface area contributed by atoms with Crippen LogP contribution in [0.25, 0.3) is 0 Å². The Hall–Kier alpha value is -1.60. The van der Waals surface area contributed by atoms with E-state index in [1.165, 1.54) is 6.20 Å². The standard InChI is InChI=1S/C7H11ClN6O/c1-10-5(15)3-11-6-4(8)2-12-7(13-6)14-9/h2H,3,9H2,1H3,(H,10,15)(H2,11,12,13,14). The van der Waals surface area contributed by atoms with E-state index < -0.39 is 0 Å². The summed E-state index contributed by atoms with van der Waals surface area (Å²) in [7, 11) is 1.54. The molecule has 82 valence electrons. The molecular formula is C7H11ClN6O. The van der Waals surface area contributed by atoms with E-state index in [1.54, 1.807) is 7.05 Å². The predicted octanol–water partition coefficient (Wildman–Crippen LogP) is -0.427. The van der Waals surface area contributed by atoms with Crippen LogP contribution in [0.2, 0.25) is 5.02 Å². The number of carbonyl (C=O) groups is 1. The summed E-state index contributed by atoms with van der Waals surface area (Å²) in [4.78, 5) is 18.7. The van der Waals surface area contributed by atoms with Gasteiger partial charge in [-0.2, -0.15) is 4.98 Å². The SMILES string of the molecule is CNC(=O)CNc1nc(NN)ncc1Cl. The lowest BCUT2D eigenvalue weighted by atomic mass is 10.5. The summed E-state index contributed by atoms with van der Waals surface area (Å²) in [6.45, 7) is 0.0806. The molecule has 8 heteroatoms. The highest BCUT2D eigenvalue weighted by Gasteiger charge is 2.05. The second-order valence-electron chi connectivity index (χ2n) is 2.56. The van der Waals surface area contributed by atoms with Crippen molar-refractivity contribution >= 4 is 29.3 Å². The van der Waals surface area contributed by atoms with Crippen molar-refractivity contribution in [3.05, 3.63) is 11.2 Å². The van der Waals surface area contributed by atoms with E-state index >= 15 is 0 Å². The number of aromatic nitrogens is 2. The number of carbonyl (C=O) groups excluding carboxylic acids is 1. The zero-order valence-corrected chi connectivity index (χ0v) is 8.80. The van der Waals surface area contributed by atoms with Gasteiger partial charge in [-0.25, -0.2) is 10.8 Å². The van der Waals surface area contributed by atoms with E-state index in [2.05, 4.69) is 26.0 Å². The molecule has 0 fully saturated rings. The summed E-state index contributed by atoms with van der Waals surface area (Å²) in [6, 6.07) is 0. The van der Waals surface area contributed by atoms with Crippen LogP contribution < -0.4 is 21.9 Å². The Labute approximate surface area is 91.4 Å². The Morgan fingerprint density at radius 2 is 2.40 bits per heavy atom. The zero-order chi connectivity index (χ0) is 11.3. The molecule has 0 aliphatic rings. The molecule has 0 saturated heterocycles. The van der Waals surface area contributed by atoms with Crippen LogP contribution in [-0.4, -0.2) is 29.5 Å². The van der Waals surface area contributed by atoms with Gasteiger partial charge < -0.3 is 10.6 Å². The summed E-state index contributed by atoms with van der Waals surface area (Å²) >= 11 is 5.79. The minimum Gasteiger partial charge on any atom is -0.360 e. The molecule has 5 N–H and O–H groups in total. The molecular weight excluding hydrogens is 220 g/mol. The van der Waals surface area contributed by atoms with Crippen molar-refractivity contribution in [3.8, 4) is 0 Å². The van der Waals surface area contributed by atoms with E-state index in [1.807, 2.05) is 0 Å².